The maximum Gasteiger partial charge on any atom is 0.0133 e. The van der Waals surface area contributed by atoms with Crippen LogP contribution >= 0.6 is 22.6 Å². The molecule has 3 aliphatic rings. The highest BCUT2D eigenvalue weighted by Crippen LogP contribution is 2.54. The third-order valence-corrected chi connectivity index (χ3v) is 7.51. The molecule has 0 heterocycles. The molecule has 1 unspecified atom stereocenters. The van der Waals surface area contributed by atoms with Gasteiger partial charge < -0.3 is 0 Å². The lowest BCUT2D eigenvalue weighted by Crippen LogP contribution is -2.22. The molecule has 0 aromatic heterocycles. The molecule has 27 heavy (non-hydrogen) atoms. The molecule has 1 atom stereocenters. The second kappa shape index (κ2) is 7.73. The molecule has 0 spiro atoms. The van der Waals surface area contributed by atoms with Crippen LogP contribution in [0.4, 0.5) is 0 Å². The summed E-state index contributed by atoms with van der Waals surface area (Å²) in [5.74, 6) is 0.705. The average Bonchev–Trinajstić information content (AvgIpc) is 2.87. The molecule has 0 fully saturated rings. The first kappa shape index (κ1) is 19.2. The summed E-state index contributed by atoms with van der Waals surface area (Å²) in [7, 11) is 0. The molecule has 0 N–H and O–H groups in total. The number of halogens is 1. The molecule has 0 amide bonds. The SMILES string of the molecule is C=C1/C=C(/C2CCC3=C(C2)C(C)(C)c2cc(I)ccc23)CCC/C=C\CC1. The van der Waals surface area contributed by atoms with E-state index in [1.54, 1.807) is 22.3 Å². The van der Waals surface area contributed by atoms with Crippen molar-refractivity contribution in [3.05, 3.63) is 74.4 Å². The van der Waals surface area contributed by atoms with Gasteiger partial charge in [0, 0.05) is 8.99 Å². The Morgan fingerprint density at radius 3 is 2.74 bits per heavy atom. The van der Waals surface area contributed by atoms with Gasteiger partial charge in [0.15, 0.2) is 0 Å². The fourth-order valence-electron chi connectivity index (χ4n) is 5.30. The highest BCUT2D eigenvalue weighted by atomic mass is 127. The molecular weight excluding hydrogens is 439 g/mol. The van der Waals surface area contributed by atoms with E-state index in [0.717, 1.165) is 12.8 Å². The van der Waals surface area contributed by atoms with Crippen molar-refractivity contribution in [2.75, 3.05) is 0 Å². The van der Waals surface area contributed by atoms with E-state index in [4.69, 9.17) is 0 Å². The molecule has 1 heteroatoms. The van der Waals surface area contributed by atoms with Crippen molar-refractivity contribution in [2.45, 2.75) is 70.6 Å². The Labute approximate surface area is 178 Å². The summed E-state index contributed by atoms with van der Waals surface area (Å²) in [6, 6.07) is 7.07. The maximum atomic E-state index is 4.35. The Bertz CT molecular complexity index is 847. The quantitative estimate of drug-likeness (QED) is 0.287. The summed E-state index contributed by atoms with van der Waals surface area (Å²) in [6.07, 6.45) is 16.9. The molecule has 3 aliphatic carbocycles. The monoisotopic (exact) mass is 470 g/mol. The smallest absolute Gasteiger partial charge is 0.0133 e. The molecule has 0 radical (unpaired) electrons. The lowest BCUT2D eigenvalue weighted by Gasteiger charge is -2.33. The van der Waals surface area contributed by atoms with E-state index >= 15 is 0 Å². The number of benzene rings is 1. The molecule has 4 rings (SSSR count). The van der Waals surface area contributed by atoms with Crippen molar-refractivity contribution in [2.24, 2.45) is 5.92 Å². The van der Waals surface area contributed by atoms with Crippen LogP contribution in [-0.4, -0.2) is 0 Å². The Kier molecular flexibility index (Phi) is 5.51. The predicted molar refractivity (Wildman–Crippen MR) is 126 cm³/mol. The van der Waals surface area contributed by atoms with Gasteiger partial charge in [-0.25, -0.2) is 0 Å². The maximum absolute atomic E-state index is 4.35. The van der Waals surface area contributed by atoms with E-state index in [-0.39, 0.29) is 5.41 Å². The van der Waals surface area contributed by atoms with Crippen molar-refractivity contribution in [3.63, 3.8) is 0 Å². The predicted octanol–water partition coefficient (Wildman–Crippen LogP) is 8.14. The zero-order valence-corrected chi connectivity index (χ0v) is 18.9. The van der Waals surface area contributed by atoms with E-state index in [1.165, 1.54) is 53.2 Å². The fraction of sp³-hybridized carbons (Fsp3) is 0.462. The van der Waals surface area contributed by atoms with E-state index in [0.29, 0.717) is 5.92 Å². The molecule has 0 saturated heterocycles. The number of hydrogen-bond donors (Lipinski definition) is 0. The van der Waals surface area contributed by atoms with Crippen LogP contribution in [0.3, 0.4) is 0 Å². The van der Waals surface area contributed by atoms with E-state index in [2.05, 4.69) is 79.4 Å². The topological polar surface area (TPSA) is 0 Å². The summed E-state index contributed by atoms with van der Waals surface area (Å²) >= 11 is 2.46. The first-order valence-corrected chi connectivity index (χ1v) is 11.6. The van der Waals surface area contributed by atoms with Gasteiger partial charge in [0.2, 0.25) is 0 Å². The molecule has 0 aliphatic heterocycles. The largest absolute Gasteiger partial charge is 0.0958 e. The third kappa shape index (κ3) is 3.77. The van der Waals surface area contributed by atoms with E-state index in [1.807, 2.05) is 0 Å². The number of allylic oxidation sites excluding steroid dienone is 7. The molecule has 0 saturated carbocycles. The van der Waals surface area contributed by atoms with Crippen LogP contribution in [0.5, 0.6) is 0 Å². The Hall–Kier alpha value is -1.09. The minimum Gasteiger partial charge on any atom is -0.0958 e. The van der Waals surface area contributed by atoms with Crippen LogP contribution in [0.15, 0.2) is 59.7 Å². The lowest BCUT2D eigenvalue weighted by atomic mass is 9.72. The molecule has 1 aromatic carbocycles. The first-order valence-electron chi connectivity index (χ1n) is 10.5. The molecule has 0 nitrogen and oxygen atoms in total. The molecular formula is C26H31I. The third-order valence-electron chi connectivity index (χ3n) is 6.84. The fourth-order valence-corrected chi connectivity index (χ4v) is 5.79. The van der Waals surface area contributed by atoms with Gasteiger partial charge in [-0.05, 0) is 109 Å². The molecule has 1 aromatic rings. The second-order valence-electron chi connectivity index (χ2n) is 8.99. The second-order valence-corrected chi connectivity index (χ2v) is 10.2. The summed E-state index contributed by atoms with van der Waals surface area (Å²) in [4.78, 5) is 0. The van der Waals surface area contributed by atoms with E-state index < -0.39 is 0 Å². The number of fused-ring (bicyclic) bond motifs is 2. The molecule has 0 bridgehead atoms. The van der Waals surface area contributed by atoms with Crippen molar-refractivity contribution in [1.29, 1.82) is 0 Å². The summed E-state index contributed by atoms with van der Waals surface area (Å²) in [5, 5.41) is 0. The number of hydrogen-bond acceptors (Lipinski definition) is 0. The summed E-state index contributed by atoms with van der Waals surface area (Å²) < 4.78 is 1.36. The highest BCUT2D eigenvalue weighted by molar-refractivity contribution is 14.1. The average molecular weight is 470 g/mol. The Morgan fingerprint density at radius 1 is 1.07 bits per heavy atom. The summed E-state index contributed by atoms with van der Waals surface area (Å²) in [6.45, 7) is 9.23. The van der Waals surface area contributed by atoms with Crippen molar-refractivity contribution < 1.29 is 0 Å². The van der Waals surface area contributed by atoms with Crippen LogP contribution in [0, 0.1) is 9.49 Å². The van der Waals surface area contributed by atoms with Crippen LogP contribution in [0.1, 0.15) is 76.3 Å². The Morgan fingerprint density at radius 2 is 1.89 bits per heavy atom. The summed E-state index contributed by atoms with van der Waals surface area (Å²) in [5.41, 5.74) is 9.62. The van der Waals surface area contributed by atoms with Crippen LogP contribution in [0.2, 0.25) is 0 Å². The van der Waals surface area contributed by atoms with E-state index in [9.17, 15) is 0 Å². The normalized spacial score (nSPS) is 28.2. The van der Waals surface area contributed by atoms with Gasteiger partial charge >= 0.3 is 0 Å². The Balaban J connectivity index is 1.62. The van der Waals surface area contributed by atoms with Crippen molar-refractivity contribution in [3.8, 4) is 0 Å². The standard InChI is InChI=1S/C26H31I/c1-18-9-7-5-4-6-8-10-19(15-18)20-11-13-22-23-14-12-21(27)17-25(23)26(2,3)24(22)16-20/h4-5,12,14-15,17,20H,1,6-11,13,16H2,2-3H3/b5-4-,19-15+. The zero-order chi connectivity index (χ0) is 19.0. The lowest BCUT2D eigenvalue weighted by molar-refractivity contribution is 0.477. The van der Waals surface area contributed by atoms with Gasteiger partial charge in [0.05, 0.1) is 0 Å². The van der Waals surface area contributed by atoms with Crippen LogP contribution < -0.4 is 0 Å². The zero-order valence-electron chi connectivity index (χ0n) is 16.8. The van der Waals surface area contributed by atoms with Gasteiger partial charge in [0.1, 0.15) is 0 Å². The van der Waals surface area contributed by atoms with Gasteiger partial charge in [-0.3, -0.25) is 0 Å². The van der Waals surface area contributed by atoms with Crippen molar-refractivity contribution >= 4 is 28.2 Å². The van der Waals surface area contributed by atoms with Crippen molar-refractivity contribution in [1.82, 2.24) is 0 Å². The van der Waals surface area contributed by atoms with Gasteiger partial charge in [-0.2, -0.15) is 0 Å². The minimum atomic E-state index is 0.181. The van der Waals surface area contributed by atoms with Gasteiger partial charge in [-0.1, -0.05) is 61.4 Å². The number of rotatable bonds is 1. The van der Waals surface area contributed by atoms with Crippen LogP contribution in [-0.2, 0) is 5.41 Å². The highest BCUT2D eigenvalue weighted by Gasteiger charge is 2.40. The minimum absolute atomic E-state index is 0.181. The van der Waals surface area contributed by atoms with Crippen LogP contribution in [0.25, 0.3) is 5.57 Å². The van der Waals surface area contributed by atoms with Gasteiger partial charge in [0.25, 0.3) is 0 Å². The first-order chi connectivity index (χ1) is 13.0. The van der Waals surface area contributed by atoms with Gasteiger partial charge in [-0.15, -0.1) is 0 Å². The molecule has 142 valence electrons.